The molecule has 68 heavy (non-hydrogen) atoms. The molecule has 0 saturated carbocycles. The Morgan fingerprint density at radius 2 is 0.647 bits per heavy atom. The van der Waals surface area contributed by atoms with E-state index in [0.29, 0.717) is 12.8 Å². The Morgan fingerprint density at radius 1 is 0.368 bits per heavy atom. The molecule has 0 aromatic carbocycles. The lowest BCUT2D eigenvalue weighted by atomic mass is 10.0. The summed E-state index contributed by atoms with van der Waals surface area (Å²) in [6, 6.07) is -0.557. The van der Waals surface area contributed by atoms with Crippen LogP contribution in [0.25, 0.3) is 0 Å². The van der Waals surface area contributed by atoms with Crippen molar-refractivity contribution in [3.63, 3.8) is 0 Å². The van der Waals surface area contributed by atoms with Gasteiger partial charge in [0.1, 0.15) is 0 Å². The Bertz CT molecular complexity index is 1390. The summed E-state index contributed by atoms with van der Waals surface area (Å²) in [7, 11) is 0. The van der Waals surface area contributed by atoms with Gasteiger partial charge in [-0.2, -0.15) is 0 Å². The molecule has 0 rings (SSSR count). The van der Waals surface area contributed by atoms with Gasteiger partial charge in [0.2, 0.25) is 5.91 Å². The van der Waals surface area contributed by atoms with Gasteiger partial charge in [0.05, 0.1) is 18.8 Å². The number of hydrogen-bond acceptors (Lipinski definition) is 3. The molecule has 386 valence electrons. The lowest BCUT2D eigenvalue weighted by Crippen LogP contribution is -2.45. The third-order valence-corrected chi connectivity index (χ3v) is 12.2. The number of carbonyl (C=O) groups is 1. The third kappa shape index (κ3) is 53.5. The zero-order valence-electron chi connectivity index (χ0n) is 44.3. The van der Waals surface area contributed by atoms with Crippen LogP contribution in [0, 0.1) is 0 Å². The van der Waals surface area contributed by atoms with E-state index in [1.54, 1.807) is 0 Å². The van der Waals surface area contributed by atoms with Crippen molar-refractivity contribution in [2.24, 2.45) is 0 Å². The molecule has 4 nitrogen and oxygen atoms in total. The van der Waals surface area contributed by atoms with Crippen LogP contribution in [0.1, 0.15) is 245 Å². The maximum Gasteiger partial charge on any atom is 0.220 e. The van der Waals surface area contributed by atoms with Crippen molar-refractivity contribution >= 4 is 5.91 Å². The molecule has 0 aliphatic rings. The number of unbranched alkanes of at least 4 members (excludes halogenated alkanes) is 21. The minimum Gasteiger partial charge on any atom is -0.394 e. The van der Waals surface area contributed by atoms with Crippen LogP contribution in [0.5, 0.6) is 0 Å². The second-order valence-electron chi connectivity index (χ2n) is 18.6. The van der Waals surface area contributed by atoms with Gasteiger partial charge in [-0.1, -0.05) is 276 Å². The van der Waals surface area contributed by atoms with Gasteiger partial charge in [-0.3, -0.25) is 4.79 Å². The highest BCUT2D eigenvalue weighted by atomic mass is 16.3. The summed E-state index contributed by atoms with van der Waals surface area (Å²) in [4.78, 5) is 12.5. The lowest BCUT2D eigenvalue weighted by Gasteiger charge is -2.22. The van der Waals surface area contributed by atoms with Gasteiger partial charge in [-0.05, 0) is 96.3 Å². The van der Waals surface area contributed by atoms with E-state index < -0.39 is 12.1 Å². The van der Waals surface area contributed by atoms with Gasteiger partial charge >= 0.3 is 0 Å². The quantitative estimate of drug-likeness (QED) is 0.0420. The molecule has 0 aliphatic heterocycles. The van der Waals surface area contributed by atoms with Gasteiger partial charge in [-0.15, -0.1) is 0 Å². The first-order valence-electron chi connectivity index (χ1n) is 28.4. The number of amides is 1. The highest BCUT2D eigenvalue weighted by molar-refractivity contribution is 5.76. The van der Waals surface area contributed by atoms with Crippen LogP contribution in [-0.4, -0.2) is 34.9 Å². The van der Waals surface area contributed by atoms with Crippen molar-refractivity contribution in [2.75, 3.05) is 6.61 Å². The summed E-state index contributed by atoms with van der Waals surface area (Å²) < 4.78 is 0. The minimum atomic E-state index is -0.677. The SMILES string of the molecule is CC/C=C\C/C=C\C/C=C\C/C=C\C/C=C\C/C=C\C/C=C\C/C=C\C/C=C\C/C=C\C/C=C\CCCCCCCC(=O)NC(CO)C(O)CCCCCCCCCCCCCCCCCCC. The fourth-order valence-corrected chi connectivity index (χ4v) is 7.89. The standard InChI is InChI=1S/C64H107NO3/c1-3-5-7-9-11-13-15-17-19-21-22-23-24-25-26-27-28-29-30-31-32-33-34-35-36-37-38-39-40-41-42-44-46-48-50-52-54-56-58-60-64(68)65-62(61-66)63(67)59-57-55-53-51-49-47-45-43-20-18-16-14-12-10-8-6-4-2/h5,7,11,13,17,19,22-23,25-26,28-29,31-32,34-35,37-38,40-41,44,46,62-63,66-67H,3-4,6,8-10,12,14-16,18,20-21,24,27,30,33,36,39,42-43,45,47-61H2,1-2H3,(H,65,68)/b7-5-,13-11-,19-17-,23-22-,26-25-,29-28-,32-31-,35-34-,38-37-,41-40-,46-44-. The van der Waals surface area contributed by atoms with Crippen LogP contribution in [0.3, 0.4) is 0 Å². The summed E-state index contributed by atoms with van der Waals surface area (Å²) >= 11 is 0. The van der Waals surface area contributed by atoms with Crippen LogP contribution < -0.4 is 5.32 Å². The zero-order chi connectivity index (χ0) is 49.2. The summed E-state index contributed by atoms with van der Waals surface area (Å²) in [5.74, 6) is -0.0545. The average molecular weight is 939 g/mol. The molecule has 0 radical (unpaired) electrons. The molecule has 0 aromatic heterocycles. The predicted octanol–water partition coefficient (Wildman–Crippen LogP) is 19.0. The summed E-state index contributed by atoms with van der Waals surface area (Å²) in [5.41, 5.74) is 0. The first-order valence-corrected chi connectivity index (χ1v) is 28.4. The van der Waals surface area contributed by atoms with Crippen molar-refractivity contribution in [1.82, 2.24) is 5.32 Å². The second kappa shape index (κ2) is 57.8. The normalized spacial score (nSPS) is 13.9. The molecule has 0 spiro atoms. The molecule has 4 heteroatoms. The molecule has 0 saturated heterocycles. The maximum atomic E-state index is 12.5. The third-order valence-electron chi connectivity index (χ3n) is 12.2. The molecule has 2 atom stereocenters. The Balaban J connectivity index is 3.65. The molecule has 0 fully saturated rings. The Labute approximate surface area is 421 Å². The first kappa shape index (κ1) is 64.5. The number of aliphatic hydroxyl groups is 2. The van der Waals surface area contributed by atoms with Gasteiger partial charge in [0.25, 0.3) is 0 Å². The molecule has 3 N–H and O–H groups in total. The largest absolute Gasteiger partial charge is 0.394 e. The van der Waals surface area contributed by atoms with Gasteiger partial charge in [-0.25, -0.2) is 0 Å². The first-order chi connectivity index (χ1) is 33.7. The van der Waals surface area contributed by atoms with Crippen molar-refractivity contribution in [3.05, 3.63) is 134 Å². The smallest absolute Gasteiger partial charge is 0.220 e. The number of allylic oxidation sites excluding steroid dienone is 22. The Hall–Kier alpha value is -3.47. The van der Waals surface area contributed by atoms with Gasteiger partial charge in [0, 0.05) is 6.42 Å². The van der Waals surface area contributed by atoms with E-state index >= 15 is 0 Å². The molecular weight excluding hydrogens is 831 g/mol. The number of nitrogens with one attached hydrogen (secondary N) is 1. The van der Waals surface area contributed by atoms with Crippen molar-refractivity contribution < 1.29 is 15.0 Å². The predicted molar refractivity (Wildman–Crippen MR) is 303 cm³/mol. The van der Waals surface area contributed by atoms with Crippen LogP contribution in [0.15, 0.2) is 134 Å². The summed E-state index contributed by atoms with van der Waals surface area (Å²) in [6.07, 6.45) is 89.9. The molecule has 2 unspecified atom stereocenters. The zero-order valence-corrected chi connectivity index (χ0v) is 44.3. The number of rotatable bonds is 50. The highest BCUT2D eigenvalue weighted by Crippen LogP contribution is 2.16. The highest BCUT2D eigenvalue weighted by Gasteiger charge is 2.20. The fourth-order valence-electron chi connectivity index (χ4n) is 7.89. The van der Waals surface area contributed by atoms with E-state index in [-0.39, 0.29) is 12.5 Å². The number of carbonyl (C=O) groups excluding carboxylic acids is 1. The van der Waals surface area contributed by atoms with Crippen LogP contribution in [0.4, 0.5) is 0 Å². The van der Waals surface area contributed by atoms with Crippen LogP contribution in [0.2, 0.25) is 0 Å². The molecule has 0 aliphatic carbocycles. The van der Waals surface area contributed by atoms with E-state index in [2.05, 4.69) is 153 Å². The molecule has 0 aromatic rings. The Morgan fingerprint density at radius 3 is 0.971 bits per heavy atom. The molecular formula is C64H107NO3. The topological polar surface area (TPSA) is 69.6 Å². The Kier molecular flexibility index (Phi) is 54.9. The number of hydrogen-bond donors (Lipinski definition) is 3. The minimum absolute atomic E-state index is 0.0545. The van der Waals surface area contributed by atoms with Gasteiger partial charge in [0.15, 0.2) is 0 Å². The van der Waals surface area contributed by atoms with Crippen molar-refractivity contribution in [3.8, 4) is 0 Å². The van der Waals surface area contributed by atoms with Crippen LogP contribution >= 0.6 is 0 Å². The van der Waals surface area contributed by atoms with E-state index in [0.717, 1.165) is 109 Å². The number of aliphatic hydroxyl groups excluding tert-OH is 2. The average Bonchev–Trinajstić information content (AvgIpc) is 3.34. The second-order valence-corrected chi connectivity index (χ2v) is 18.6. The van der Waals surface area contributed by atoms with E-state index in [1.807, 2.05) is 0 Å². The van der Waals surface area contributed by atoms with E-state index in [9.17, 15) is 15.0 Å². The molecule has 0 heterocycles. The summed E-state index contributed by atoms with van der Waals surface area (Å²) in [6.45, 7) is 4.24. The van der Waals surface area contributed by atoms with Gasteiger partial charge < -0.3 is 15.5 Å². The molecule has 1 amide bonds. The fraction of sp³-hybridized carbons (Fsp3) is 0.641. The van der Waals surface area contributed by atoms with Crippen molar-refractivity contribution in [2.45, 2.75) is 257 Å². The molecule has 0 bridgehead atoms. The monoisotopic (exact) mass is 938 g/mol. The summed E-state index contributed by atoms with van der Waals surface area (Å²) in [5, 5.41) is 23.3. The van der Waals surface area contributed by atoms with E-state index in [1.165, 1.54) is 109 Å². The van der Waals surface area contributed by atoms with E-state index in [4.69, 9.17) is 0 Å². The lowest BCUT2D eigenvalue weighted by molar-refractivity contribution is -0.123. The van der Waals surface area contributed by atoms with Crippen LogP contribution in [-0.2, 0) is 4.79 Å². The maximum absolute atomic E-state index is 12.5. The van der Waals surface area contributed by atoms with Crippen molar-refractivity contribution in [1.29, 1.82) is 0 Å².